The second-order valence-corrected chi connectivity index (χ2v) is 6.52. The van der Waals surface area contributed by atoms with E-state index in [1.54, 1.807) is 0 Å². The molecule has 2 aliphatic carbocycles. The fourth-order valence-corrected chi connectivity index (χ4v) is 4.09. The smallest absolute Gasteiger partial charge is 0.302 e. The normalized spacial score (nSPS) is 36.2. The largest absolute Gasteiger partial charge is 0.465 e. The van der Waals surface area contributed by atoms with Crippen LogP contribution in [0, 0.1) is 17.3 Å². The number of esters is 1. The maximum Gasteiger partial charge on any atom is 0.302 e. The van der Waals surface area contributed by atoms with Gasteiger partial charge in [0.05, 0.1) is 18.6 Å². The highest BCUT2D eigenvalue weighted by Crippen LogP contribution is 2.52. The van der Waals surface area contributed by atoms with Crippen molar-refractivity contribution in [1.82, 2.24) is 0 Å². The Morgan fingerprint density at radius 1 is 1.48 bits per heavy atom. The van der Waals surface area contributed by atoms with Crippen LogP contribution in [-0.4, -0.2) is 32.1 Å². The molecule has 0 aromatic rings. The van der Waals surface area contributed by atoms with E-state index in [-0.39, 0.29) is 23.6 Å². The number of hydrogen-bond acceptors (Lipinski definition) is 4. The lowest BCUT2D eigenvalue weighted by Gasteiger charge is -2.48. The van der Waals surface area contributed by atoms with Crippen molar-refractivity contribution in [3.8, 4) is 0 Å². The molecule has 0 aromatic heterocycles. The van der Waals surface area contributed by atoms with E-state index in [9.17, 15) is 4.79 Å². The van der Waals surface area contributed by atoms with Crippen molar-refractivity contribution in [2.75, 3.05) is 19.8 Å². The Kier molecular flexibility index (Phi) is 4.38. The van der Waals surface area contributed by atoms with Crippen molar-refractivity contribution in [1.29, 1.82) is 0 Å². The van der Waals surface area contributed by atoms with E-state index in [4.69, 9.17) is 25.8 Å². The third kappa shape index (κ3) is 2.89. The second kappa shape index (κ2) is 6.11. The Hall–Kier alpha value is -0.840. The van der Waals surface area contributed by atoms with Gasteiger partial charge in [-0.15, -0.1) is 0 Å². The summed E-state index contributed by atoms with van der Waals surface area (Å²) in [6, 6.07) is 0. The van der Waals surface area contributed by atoms with Gasteiger partial charge in [-0.25, -0.2) is 0 Å². The van der Waals surface area contributed by atoms with Crippen molar-refractivity contribution in [2.45, 2.75) is 32.5 Å². The highest BCUT2D eigenvalue weighted by Gasteiger charge is 2.53. The Labute approximate surface area is 130 Å². The zero-order valence-electron chi connectivity index (χ0n) is 12.2. The highest BCUT2D eigenvalue weighted by molar-refractivity contribution is 6.31. The molecule has 0 N–H and O–H groups in total. The fraction of sp³-hybridized carbons (Fsp3) is 0.688. The average Bonchev–Trinajstić information content (AvgIpc) is 2.99. The molecule has 21 heavy (non-hydrogen) atoms. The van der Waals surface area contributed by atoms with E-state index >= 15 is 0 Å². The predicted molar refractivity (Wildman–Crippen MR) is 78.7 cm³/mol. The number of fused-ring (bicyclic) bond motifs is 1. The number of ether oxygens (including phenoxy) is 3. The number of halogens is 1. The van der Waals surface area contributed by atoms with Gasteiger partial charge < -0.3 is 14.2 Å². The number of hydrogen-bond donors (Lipinski definition) is 0. The van der Waals surface area contributed by atoms with Crippen LogP contribution in [0.1, 0.15) is 26.2 Å². The van der Waals surface area contributed by atoms with E-state index in [1.807, 2.05) is 6.08 Å². The zero-order chi connectivity index (χ0) is 14.9. The summed E-state index contributed by atoms with van der Waals surface area (Å²) in [7, 11) is 0. The van der Waals surface area contributed by atoms with Crippen LogP contribution in [-0.2, 0) is 19.0 Å². The van der Waals surface area contributed by atoms with E-state index in [0.717, 1.165) is 24.3 Å². The van der Waals surface area contributed by atoms with Crippen molar-refractivity contribution in [3.63, 3.8) is 0 Å². The van der Waals surface area contributed by atoms with Crippen LogP contribution in [0.5, 0.6) is 0 Å². The van der Waals surface area contributed by atoms with Gasteiger partial charge in [-0.05, 0) is 30.8 Å². The van der Waals surface area contributed by atoms with E-state index in [0.29, 0.717) is 25.7 Å². The SMILES string of the molecule is CC(=O)OC[C@@]1(C2OCCO2)CCCC2C=C(Cl)C=CC21. The molecule has 2 fully saturated rings. The maximum atomic E-state index is 11.3. The molecule has 1 heterocycles. The van der Waals surface area contributed by atoms with Gasteiger partial charge in [0.1, 0.15) is 6.61 Å². The average molecular weight is 313 g/mol. The van der Waals surface area contributed by atoms with Gasteiger partial charge in [-0.1, -0.05) is 30.2 Å². The van der Waals surface area contributed by atoms with Crippen molar-refractivity contribution in [3.05, 3.63) is 23.3 Å². The molecule has 0 spiro atoms. The van der Waals surface area contributed by atoms with Gasteiger partial charge in [0.25, 0.3) is 0 Å². The van der Waals surface area contributed by atoms with Crippen LogP contribution >= 0.6 is 11.6 Å². The standard InChI is InChI=1S/C16H21ClO4/c1-11(18)21-10-16(15-19-7-8-20-15)6-2-3-12-9-13(17)4-5-14(12)16/h4-5,9,12,14-15H,2-3,6-8,10H2,1H3/t12?,14?,16-/m0/s1. The summed E-state index contributed by atoms with van der Waals surface area (Å²) in [5, 5.41) is 0.785. The second-order valence-electron chi connectivity index (χ2n) is 6.08. The molecule has 5 heteroatoms. The molecule has 1 aliphatic heterocycles. The molecule has 1 saturated heterocycles. The van der Waals surface area contributed by atoms with Gasteiger partial charge >= 0.3 is 5.97 Å². The summed E-state index contributed by atoms with van der Waals surface area (Å²) in [5.74, 6) is 0.332. The summed E-state index contributed by atoms with van der Waals surface area (Å²) >= 11 is 6.14. The lowest BCUT2D eigenvalue weighted by molar-refractivity contribution is -0.193. The lowest BCUT2D eigenvalue weighted by Crippen LogP contribution is -2.50. The van der Waals surface area contributed by atoms with Crippen molar-refractivity contribution >= 4 is 17.6 Å². The zero-order valence-corrected chi connectivity index (χ0v) is 13.0. The summed E-state index contributed by atoms with van der Waals surface area (Å²) < 4.78 is 17.0. The Morgan fingerprint density at radius 2 is 2.24 bits per heavy atom. The number of carbonyl (C=O) groups excluding carboxylic acids is 1. The van der Waals surface area contributed by atoms with Gasteiger partial charge in [0.2, 0.25) is 0 Å². The van der Waals surface area contributed by atoms with Crippen LogP contribution < -0.4 is 0 Å². The van der Waals surface area contributed by atoms with Crippen LogP contribution in [0.3, 0.4) is 0 Å². The van der Waals surface area contributed by atoms with Crippen molar-refractivity contribution < 1.29 is 19.0 Å². The van der Waals surface area contributed by atoms with Crippen molar-refractivity contribution in [2.24, 2.45) is 17.3 Å². The molecule has 116 valence electrons. The third-order valence-corrected chi connectivity index (χ3v) is 5.03. The Morgan fingerprint density at radius 3 is 2.95 bits per heavy atom. The summed E-state index contributed by atoms with van der Waals surface area (Å²) in [6.45, 7) is 2.98. The molecular formula is C16H21ClO4. The minimum Gasteiger partial charge on any atom is -0.465 e. The minimum absolute atomic E-state index is 0.233. The molecule has 3 atom stereocenters. The molecule has 2 unspecified atom stereocenters. The molecule has 3 rings (SSSR count). The molecular weight excluding hydrogens is 292 g/mol. The van der Waals surface area contributed by atoms with Crippen LogP contribution in [0.15, 0.2) is 23.3 Å². The molecule has 0 amide bonds. The first kappa shape index (κ1) is 15.1. The molecule has 0 aromatic carbocycles. The monoisotopic (exact) mass is 312 g/mol. The lowest BCUT2D eigenvalue weighted by atomic mass is 9.60. The van der Waals surface area contributed by atoms with E-state index in [1.165, 1.54) is 6.92 Å². The van der Waals surface area contributed by atoms with Crippen LogP contribution in [0.4, 0.5) is 0 Å². The van der Waals surface area contributed by atoms with Crippen LogP contribution in [0.25, 0.3) is 0 Å². The van der Waals surface area contributed by atoms with Gasteiger partial charge in [0, 0.05) is 12.0 Å². The van der Waals surface area contributed by atoms with E-state index in [2.05, 4.69) is 12.2 Å². The van der Waals surface area contributed by atoms with Crippen LogP contribution in [0.2, 0.25) is 0 Å². The molecule has 4 nitrogen and oxygen atoms in total. The summed E-state index contributed by atoms with van der Waals surface area (Å²) in [6.07, 6.45) is 8.97. The number of carbonyl (C=O) groups is 1. The molecule has 1 saturated carbocycles. The predicted octanol–water partition coefficient (Wildman–Crippen LogP) is 3.02. The number of allylic oxidation sites excluding steroid dienone is 4. The highest BCUT2D eigenvalue weighted by atomic mass is 35.5. The summed E-state index contributed by atoms with van der Waals surface area (Å²) in [4.78, 5) is 11.3. The summed E-state index contributed by atoms with van der Waals surface area (Å²) in [5.41, 5.74) is -0.310. The van der Waals surface area contributed by atoms with E-state index < -0.39 is 0 Å². The first-order valence-electron chi connectivity index (χ1n) is 7.54. The number of rotatable bonds is 3. The first-order chi connectivity index (χ1) is 10.1. The molecule has 0 bridgehead atoms. The van der Waals surface area contributed by atoms with Gasteiger partial charge in [-0.2, -0.15) is 0 Å². The molecule has 3 aliphatic rings. The Bertz CT molecular complexity index is 467. The topological polar surface area (TPSA) is 44.8 Å². The quantitative estimate of drug-likeness (QED) is 0.751. The fourth-order valence-electron chi connectivity index (χ4n) is 3.85. The van der Waals surface area contributed by atoms with Gasteiger partial charge in [-0.3, -0.25) is 4.79 Å². The first-order valence-corrected chi connectivity index (χ1v) is 7.92. The van der Waals surface area contributed by atoms with Gasteiger partial charge in [0.15, 0.2) is 6.29 Å². The third-order valence-electron chi connectivity index (χ3n) is 4.78. The minimum atomic E-state index is -0.310. The molecule has 0 radical (unpaired) electrons. The Balaban J connectivity index is 1.89. The maximum absolute atomic E-state index is 11.3.